The Labute approximate surface area is 149 Å². The maximum Gasteiger partial charge on any atom is 0.416 e. The normalized spacial score (nSPS) is 12.0. The highest BCUT2D eigenvalue weighted by molar-refractivity contribution is 7.91. The molecule has 2 aromatic carbocycles. The highest BCUT2D eigenvalue weighted by Crippen LogP contribution is 2.33. The molecule has 0 spiro atoms. The number of halogens is 3. The third-order valence-electron chi connectivity index (χ3n) is 3.70. The number of ether oxygens (including phenoxy) is 1. The molecule has 0 atom stereocenters. The highest BCUT2D eigenvalue weighted by Gasteiger charge is 2.31. The zero-order chi connectivity index (χ0) is 19.5. The number of sulfone groups is 1. The summed E-state index contributed by atoms with van der Waals surface area (Å²) in [5.74, 6) is -0.650. The van der Waals surface area contributed by atoms with Crippen molar-refractivity contribution in [3.05, 3.63) is 59.2 Å². The predicted octanol–water partition coefficient (Wildman–Crippen LogP) is 4.02. The molecule has 0 saturated heterocycles. The Morgan fingerprint density at radius 3 is 2.19 bits per heavy atom. The molecule has 0 radical (unpaired) electrons. The second-order valence-electron chi connectivity index (χ2n) is 5.64. The van der Waals surface area contributed by atoms with Crippen LogP contribution >= 0.6 is 0 Å². The van der Waals surface area contributed by atoms with Crippen molar-refractivity contribution in [1.82, 2.24) is 0 Å². The van der Waals surface area contributed by atoms with Gasteiger partial charge in [-0.2, -0.15) is 13.2 Å². The molecular formula is C18H17F3O4S. The molecule has 2 aromatic rings. The smallest absolute Gasteiger partial charge is 0.416 e. The Hall–Kier alpha value is -2.35. The van der Waals surface area contributed by atoms with E-state index in [1.54, 1.807) is 0 Å². The van der Waals surface area contributed by atoms with Crippen LogP contribution in [0.3, 0.4) is 0 Å². The molecule has 2 rings (SSSR count). The number of rotatable bonds is 5. The van der Waals surface area contributed by atoms with Gasteiger partial charge in [-0.25, -0.2) is 8.42 Å². The zero-order valence-electron chi connectivity index (χ0n) is 14.1. The number of carbonyl (C=O) groups is 1. The van der Waals surface area contributed by atoms with E-state index in [1.807, 2.05) is 0 Å². The summed E-state index contributed by atoms with van der Waals surface area (Å²) in [5, 5.41) is 0. The third-order valence-corrected chi connectivity index (χ3v) is 5.45. The fourth-order valence-corrected chi connectivity index (χ4v) is 3.23. The SMILES string of the molecule is CCS(=O)(=O)c1ccc(Cc2cc(C(F)(F)F)ccc2OC(C)=O)cc1. The molecule has 140 valence electrons. The lowest BCUT2D eigenvalue weighted by Gasteiger charge is -2.13. The summed E-state index contributed by atoms with van der Waals surface area (Å²) in [7, 11) is -3.36. The monoisotopic (exact) mass is 386 g/mol. The standard InChI is InChI=1S/C18H17F3O4S/c1-3-26(23,24)16-7-4-13(5-8-16)10-14-11-15(18(19,20)21)6-9-17(14)25-12(2)22/h4-9,11H,3,10H2,1-2H3. The molecular weight excluding hydrogens is 369 g/mol. The third kappa shape index (κ3) is 4.85. The van der Waals surface area contributed by atoms with Crippen molar-refractivity contribution >= 4 is 15.8 Å². The molecule has 8 heteroatoms. The number of carbonyl (C=O) groups excluding carboxylic acids is 1. The van der Waals surface area contributed by atoms with Crippen molar-refractivity contribution in [3.63, 3.8) is 0 Å². The summed E-state index contributed by atoms with van der Waals surface area (Å²) in [6, 6.07) is 8.75. The Balaban J connectivity index is 2.38. The number of hydrogen-bond donors (Lipinski definition) is 0. The maximum absolute atomic E-state index is 12.9. The van der Waals surface area contributed by atoms with Gasteiger partial charge in [0, 0.05) is 13.3 Å². The van der Waals surface area contributed by atoms with Crippen LogP contribution in [0, 0.1) is 0 Å². The first-order valence-corrected chi connectivity index (χ1v) is 9.38. The lowest BCUT2D eigenvalue weighted by molar-refractivity contribution is -0.137. The Morgan fingerprint density at radius 1 is 1.08 bits per heavy atom. The quantitative estimate of drug-likeness (QED) is 0.575. The largest absolute Gasteiger partial charge is 0.426 e. The molecule has 4 nitrogen and oxygen atoms in total. The molecule has 0 unspecified atom stereocenters. The second-order valence-corrected chi connectivity index (χ2v) is 7.92. The van der Waals surface area contributed by atoms with Crippen molar-refractivity contribution in [2.24, 2.45) is 0 Å². The molecule has 0 aliphatic carbocycles. The van der Waals surface area contributed by atoms with E-state index >= 15 is 0 Å². The summed E-state index contributed by atoms with van der Waals surface area (Å²) in [6.45, 7) is 2.68. The number of alkyl halides is 3. The van der Waals surface area contributed by atoms with Crippen LogP contribution in [-0.4, -0.2) is 20.1 Å². The van der Waals surface area contributed by atoms with E-state index in [-0.39, 0.29) is 28.4 Å². The molecule has 0 fully saturated rings. The predicted molar refractivity (Wildman–Crippen MR) is 89.7 cm³/mol. The van der Waals surface area contributed by atoms with Gasteiger partial charge >= 0.3 is 12.1 Å². The van der Waals surface area contributed by atoms with Crippen LogP contribution in [0.15, 0.2) is 47.4 Å². The van der Waals surface area contributed by atoms with E-state index < -0.39 is 27.5 Å². The molecule has 0 aromatic heterocycles. The lowest BCUT2D eigenvalue weighted by Crippen LogP contribution is -2.09. The number of hydrogen-bond acceptors (Lipinski definition) is 4. The first-order valence-electron chi connectivity index (χ1n) is 7.73. The van der Waals surface area contributed by atoms with Crippen LogP contribution in [0.4, 0.5) is 13.2 Å². The van der Waals surface area contributed by atoms with E-state index in [0.717, 1.165) is 25.1 Å². The Kier molecular flexibility index (Phi) is 5.75. The van der Waals surface area contributed by atoms with E-state index in [2.05, 4.69) is 0 Å². The van der Waals surface area contributed by atoms with Crippen LogP contribution in [-0.2, 0) is 27.2 Å². The van der Waals surface area contributed by atoms with Gasteiger partial charge in [-0.15, -0.1) is 0 Å². The summed E-state index contributed by atoms with van der Waals surface area (Å²) in [4.78, 5) is 11.3. The van der Waals surface area contributed by atoms with E-state index in [9.17, 15) is 26.4 Å². The minimum atomic E-state index is -4.53. The van der Waals surface area contributed by atoms with Gasteiger partial charge in [0.15, 0.2) is 9.84 Å². The van der Waals surface area contributed by atoms with Gasteiger partial charge < -0.3 is 4.74 Å². The minimum Gasteiger partial charge on any atom is -0.426 e. The number of esters is 1. The first kappa shape index (κ1) is 20.0. The van der Waals surface area contributed by atoms with E-state index in [1.165, 1.54) is 31.2 Å². The molecule has 0 aliphatic heterocycles. The van der Waals surface area contributed by atoms with Gasteiger partial charge in [-0.05, 0) is 41.5 Å². The molecule has 0 saturated carbocycles. The van der Waals surface area contributed by atoms with Gasteiger partial charge in [0.25, 0.3) is 0 Å². The van der Waals surface area contributed by atoms with E-state index in [0.29, 0.717) is 5.56 Å². The van der Waals surface area contributed by atoms with Gasteiger partial charge in [-0.1, -0.05) is 19.1 Å². The molecule has 0 amide bonds. The topological polar surface area (TPSA) is 60.4 Å². The molecule has 0 heterocycles. The molecule has 0 aliphatic rings. The van der Waals surface area contributed by atoms with Gasteiger partial charge in [0.2, 0.25) is 0 Å². The summed E-state index contributed by atoms with van der Waals surface area (Å²) in [5.41, 5.74) is -0.0810. The van der Waals surface area contributed by atoms with Crippen LogP contribution in [0.2, 0.25) is 0 Å². The van der Waals surface area contributed by atoms with Crippen molar-refractivity contribution in [1.29, 1.82) is 0 Å². The fourth-order valence-electron chi connectivity index (χ4n) is 2.35. The highest BCUT2D eigenvalue weighted by atomic mass is 32.2. The fraction of sp³-hybridized carbons (Fsp3) is 0.278. The summed E-state index contributed by atoms with van der Waals surface area (Å²) < 4.78 is 67.5. The minimum absolute atomic E-state index is 0.0377. The van der Waals surface area contributed by atoms with Crippen molar-refractivity contribution in [2.45, 2.75) is 31.3 Å². The first-order chi connectivity index (χ1) is 12.0. The summed E-state index contributed by atoms with van der Waals surface area (Å²) >= 11 is 0. The van der Waals surface area contributed by atoms with Crippen molar-refractivity contribution in [3.8, 4) is 5.75 Å². The van der Waals surface area contributed by atoms with Crippen LogP contribution in [0.5, 0.6) is 5.75 Å². The average molecular weight is 386 g/mol. The van der Waals surface area contributed by atoms with Crippen LogP contribution in [0.25, 0.3) is 0 Å². The van der Waals surface area contributed by atoms with Crippen LogP contribution < -0.4 is 4.74 Å². The van der Waals surface area contributed by atoms with Gasteiger partial charge in [-0.3, -0.25) is 4.79 Å². The van der Waals surface area contributed by atoms with Gasteiger partial charge in [0.05, 0.1) is 16.2 Å². The Bertz CT molecular complexity index is 901. The molecule has 0 bridgehead atoms. The van der Waals surface area contributed by atoms with E-state index in [4.69, 9.17) is 4.74 Å². The second kappa shape index (κ2) is 7.49. The van der Waals surface area contributed by atoms with Gasteiger partial charge in [0.1, 0.15) is 5.75 Å². The Morgan fingerprint density at radius 2 is 1.69 bits per heavy atom. The lowest BCUT2D eigenvalue weighted by atomic mass is 10.0. The van der Waals surface area contributed by atoms with Crippen molar-refractivity contribution < 1.29 is 31.1 Å². The molecule has 0 N–H and O–H groups in total. The van der Waals surface area contributed by atoms with Crippen LogP contribution in [0.1, 0.15) is 30.5 Å². The molecule has 26 heavy (non-hydrogen) atoms. The van der Waals surface area contributed by atoms with Crippen molar-refractivity contribution in [2.75, 3.05) is 5.75 Å². The summed E-state index contributed by atoms with van der Waals surface area (Å²) in [6.07, 6.45) is -4.47. The maximum atomic E-state index is 12.9. The zero-order valence-corrected chi connectivity index (χ0v) is 14.9. The average Bonchev–Trinajstić information content (AvgIpc) is 2.55. The number of benzene rings is 2.